The number of benzene rings is 1. The molecule has 4 aromatic rings. The maximum absolute atomic E-state index is 10.8. The predicted octanol–water partition coefficient (Wildman–Crippen LogP) is 1.55. The van der Waals surface area contributed by atoms with E-state index in [9.17, 15) is 18.0 Å². The van der Waals surface area contributed by atoms with E-state index < -0.39 is 18.1 Å². The van der Waals surface area contributed by atoms with Gasteiger partial charge in [-0.05, 0) is 40.6 Å². The van der Waals surface area contributed by atoms with Crippen LogP contribution in [0.2, 0.25) is 0 Å². The standard InChI is InChI=1S/C16H13N7O3.C2HF3O2/c17-13(24)8-25-10-3-1-9(2-4-10)23-12-5-6-19-7-11(12)20-16(23)14-15(18)22-26-21-14;3-2(4,5)1(6)7/h1-7H,8H2,(H2,17,24)(H2,18,22);(H,6,7). The Morgan fingerprint density at radius 3 is 2.36 bits per heavy atom. The first-order valence-corrected chi connectivity index (χ1v) is 8.80. The quantitative estimate of drug-likeness (QED) is 0.390. The smallest absolute Gasteiger partial charge is 0.484 e. The summed E-state index contributed by atoms with van der Waals surface area (Å²) in [6.45, 7) is -0.189. The van der Waals surface area contributed by atoms with Crippen LogP contribution in [0, 0.1) is 0 Å². The molecule has 3 heterocycles. The van der Waals surface area contributed by atoms with Gasteiger partial charge in [-0.2, -0.15) is 13.2 Å². The number of alkyl halides is 3. The summed E-state index contributed by atoms with van der Waals surface area (Å²) in [5.41, 5.74) is 13.5. The fourth-order valence-corrected chi connectivity index (χ4v) is 2.55. The van der Waals surface area contributed by atoms with E-state index in [-0.39, 0.29) is 12.4 Å². The Morgan fingerprint density at radius 2 is 1.82 bits per heavy atom. The lowest BCUT2D eigenvalue weighted by Crippen LogP contribution is -2.21. The summed E-state index contributed by atoms with van der Waals surface area (Å²) in [5.74, 6) is -2.18. The van der Waals surface area contributed by atoms with Gasteiger partial charge < -0.3 is 21.3 Å². The maximum atomic E-state index is 10.8. The number of anilines is 1. The van der Waals surface area contributed by atoms with E-state index >= 15 is 0 Å². The van der Waals surface area contributed by atoms with Gasteiger partial charge in [0.25, 0.3) is 5.91 Å². The van der Waals surface area contributed by atoms with E-state index in [0.29, 0.717) is 22.8 Å². The highest BCUT2D eigenvalue weighted by Gasteiger charge is 2.38. The van der Waals surface area contributed by atoms with Gasteiger partial charge in [0.05, 0.1) is 11.7 Å². The molecule has 0 aliphatic carbocycles. The lowest BCUT2D eigenvalue weighted by molar-refractivity contribution is -0.192. The number of ether oxygens (including phenoxy) is 1. The van der Waals surface area contributed by atoms with E-state index in [1.807, 2.05) is 22.8 Å². The lowest BCUT2D eigenvalue weighted by Gasteiger charge is -2.09. The number of rotatable bonds is 5. The van der Waals surface area contributed by atoms with Gasteiger partial charge in [-0.1, -0.05) is 0 Å². The number of nitrogens with two attached hydrogens (primary N) is 2. The van der Waals surface area contributed by atoms with Crippen LogP contribution in [0.5, 0.6) is 5.75 Å². The van der Waals surface area contributed by atoms with Gasteiger partial charge in [0.15, 0.2) is 23.9 Å². The minimum absolute atomic E-state index is 0.135. The van der Waals surface area contributed by atoms with Gasteiger partial charge >= 0.3 is 12.1 Å². The number of carbonyl (C=O) groups is 2. The molecule has 0 aliphatic heterocycles. The maximum Gasteiger partial charge on any atom is 0.490 e. The van der Waals surface area contributed by atoms with Crippen LogP contribution in [0.3, 0.4) is 0 Å². The summed E-state index contributed by atoms with van der Waals surface area (Å²) in [5, 5.41) is 14.6. The van der Waals surface area contributed by atoms with Crippen molar-refractivity contribution in [2.45, 2.75) is 6.18 Å². The Bertz CT molecular complexity index is 1280. The van der Waals surface area contributed by atoms with Gasteiger partial charge in [0.2, 0.25) is 0 Å². The van der Waals surface area contributed by atoms with Gasteiger partial charge in [-0.25, -0.2) is 14.4 Å². The van der Waals surface area contributed by atoms with Gasteiger partial charge in [0, 0.05) is 11.9 Å². The largest absolute Gasteiger partial charge is 0.490 e. The third kappa shape index (κ3) is 5.33. The topological polar surface area (TPSA) is 185 Å². The summed E-state index contributed by atoms with van der Waals surface area (Å²) < 4.78 is 43.6. The highest BCUT2D eigenvalue weighted by molar-refractivity contribution is 5.83. The number of imidazole rings is 1. The zero-order chi connectivity index (χ0) is 24.2. The monoisotopic (exact) mass is 465 g/mol. The second kappa shape index (κ2) is 9.21. The van der Waals surface area contributed by atoms with Crippen LogP contribution >= 0.6 is 0 Å². The third-order valence-corrected chi connectivity index (χ3v) is 3.90. The number of pyridine rings is 1. The summed E-state index contributed by atoms with van der Waals surface area (Å²) in [4.78, 5) is 28.4. The number of carboxylic acids is 1. The highest BCUT2D eigenvalue weighted by Crippen LogP contribution is 2.30. The van der Waals surface area contributed by atoms with Crippen LogP contribution < -0.4 is 16.2 Å². The number of carboxylic acid groups (broad SMARTS) is 1. The van der Waals surface area contributed by atoms with E-state index in [4.69, 9.17) is 30.7 Å². The number of hydrogen-bond donors (Lipinski definition) is 3. The van der Waals surface area contributed by atoms with Gasteiger partial charge in [0.1, 0.15) is 11.3 Å². The molecule has 0 atom stereocenters. The Kier molecular flexibility index (Phi) is 6.41. The fourth-order valence-electron chi connectivity index (χ4n) is 2.55. The van der Waals surface area contributed by atoms with Crippen LogP contribution in [0.15, 0.2) is 47.4 Å². The number of primary amides is 1. The van der Waals surface area contributed by atoms with Crippen LogP contribution in [0.25, 0.3) is 28.2 Å². The molecule has 0 spiro atoms. The number of aliphatic carboxylic acids is 1. The Morgan fingerprint density at radius 1 is 1.15 bits per heavy atom. The molecule has 5 N–H and O–H groups in total. The van der Waals surface area contributed by atoms with Crippen LogP contribution in [0.1, 0.15) is 0 Å². The first kappa shape index (κ1) is 23.0. The molecular weight excluding hydrogens is 451 g/mol. The first-order chi connectivity index (χ1) is 15.6. The van der Waals surface area contributed by atoms with Crippen molar-refractivity contribution in [2.24, 2.45) is 5.73 Å². The number of fused-ring (bicyclic) bond motifs is 1. The average Bonchev–Trinajstić information content (AvgIpc) is 3.35. The summed E-state index contributed by atoms with van der Waals surface area (Å²) in [6, 6.07) is 8.89. The van der Waals surface area contributed by atoms with Crippen molar-refractivity contribution in [3.63, 3.8) is 0 Å². The van der Waals surface area contributed by atoms with E-state index in [1.54, 1.807) is 24.5 Å². The molecular formula is C18H14F3N7O5. The Labute approximate surface area is 181 Å². The molecule has 3 aromatic heterocycles. The molecule has 0 fully saturated rings. The number of aromatic nitrogens is 5. The van der Waals surface area contributed by atoms with Crippen molar-refractivity contribution in [3.8, 4) is 23.0 Å². The van der Waals surface area contributed by atoms with Crippen molar-refractivity contribution in [3.05, 3.63) is 42.7 Å². The average molecular weight is 465 g/mol. The molecule has 0 aliphatic rings. The van der Waals surface area contributed by atoms with Crippen molar-refractivity contribution in [1.29, 1.82) is 0 Å². The zero-order valence-corrected chi connectivity index (χ0v) is 16.4. The van der Waals surface area contributed by atoms with Crippen molar-refractivity contribution in [2.75, 3.05) is 12.3 Å². The Hall–Kier alpha value is -4.69. The van der Waals surface area contributed by atoms with Gasteiger partial charge in [-0.3, -0.25) is 14.3 Å². The van der Waals surface area contributed by atoms with Crippen LogP contribution in [0.4, 0.5) is 19.0 Å². The number of hydrogen-bond acceptors (Lipinski definition) is 9. The molecule has 0 saturated carbocycles. The molecule has 12 nitrogen and oxygen atoms in total. The molecule has 0 unspecified atom stereocenters. The molecule has 172 valence electrons. The zero-order valence-electron chi connectivity index (χ0n) is 16.4. The van der Waals surface area contributed by atoms with Crippen molar-refractivity contribution in [1.82, 2.24) is 24.8 Å². The molecule has 4 rings (SSSR count). The van der Waals surface area contributed by atoms with Crippen molar-refractivity contribution >= 4 is 28.7 Å². The Balaban J connectivity index is 0.000000383. The molecule has 33 heavy (non-hydrogen) atoms. The van der Waals surface area contributed by atoms with Crippen LogP contribution in [-0.2, 0) is 9.59 Å². The van der Waals surface area contributed by atoms with Crippen molar-refractivity contribution < 1.29 is 37.2 Å². The number of carbonyl (C=O) groups excluding carboxylic acids is 1. The minimum atomic E-state index is -5.08. The van der Waals surface area contributed by atoms with E-state index in [2.05, 4.69) is 20.3 Å². The SMILES string of the molecule is NC(=O)COc1ccc(-n2c(-c3nonc3N)nc3cnccc32)cc1.O=C(O)C(F)(F)F. The van der Waals surface area contributed by atoms with E-state index in [0.717, 1.165) is 11.2 Å². The molecule has 1 aromatic carbocycles. The third-order valence-electron chi connectivity index (χ3n) is 3.90. The second-order valence-corrected chi connectivity index (χ2v) is 6.19. The summed E-state index contributed by atoms with van der Waals surface area (Å²) >= 11 is 0. The minimum Gasteiger partial charge on any atom is -0.484 e. The number of nitrogens with zero attached hydrogens (tertiary/aromatic N) is 5. The number of amides is 1. The van der Waals surface area contributed by atoms with E-state index in [1.165, 1.54) is 0 Å². The first-order valence-electron chi connectivity index (χ1n) is 8.80. The molecule has 0 saturated heterocycles. The number of halogens is 3. The summed E-state index contributed by atoms with van der Waals surface area (Å²) in [6.07, 6.45) is -1.78. The highest BCUT2D eigenvalue weighted by atomic mass is 19.4. The lowest BCUT2D eigenvalue weighted by atomic mass is 10.2. The molecule has 0 radical (unpaired) electrons. The normalized spacial score (nSPS) is 11.0. The molecule has 0 bridgehead atoms. The molecule has 1 amide bonds. The molecule has 15 heteroatoms. The predicted molar refractivity (Wildman–Crippen MR) is 105 cm³/mol. The number of nitrogen functional groups attached to an aromatic ring is 1. The fraction of sp³-hybridized carbons (Fsp3) is 0.111. The van der Waals surface area contributed by atoms with Gasteiger partial charge in [-0.15, -0.1) is 0 Å². The summed E-state index contributed by atoms with van der Waals surface area (Å²) in [7, 11) is 0. The second-order valence-electron chi connectivity index (χ2n) is 6.19. The van der Waals surface area contributed by atoms with Crippen LogP contribution in [-0.4, -0.2) is 54.6 Å².